The summed E-state index contributed by atoms with van der Waals surface area (Å²) in [4.78, 5) is 4.50. The van der Waals surface area contributed by atoms with E-state index in [0.29, 0.717) is 23.7 Å². The zero-order chi connectivity index (χ0) is 14.2. The first-order valence-corrected chi connectivity index (χ1v) is 8.47. The summed E-state index contributed by atoms with van der Waals surface area (Å²) >= 11 is 0. The molecule has 0 radical (unpaired) electrons. The van der Waals surface area contributed by atoms with Crippen molar-refractivity contribution in [2.75, 3.05) is 22.6 Å². The van der Waals surface area contributed by atoms with E-state index in [0.717, 1.165) is 17.3 Å². The lowest BCUT2D eigenvalue weighted by Gasteiger charge is -2.23. The first-order chi connectivity index (χ1) is 9.52. The number of hydrogen-bond donors (Lipinski definition) is 2. The number of aromatic nitrogens is 1. The summed E-state index contributed by atoms with van der Waals surface area (Å²) in [6.07, 6.45) is 1.57. The molecule has 5 nitrogen and oxygen atoms in total. The van der Waals surface area contributed by atoms with Gasteiger partial charge in [-0.05, 0) is 43.2 Å². The summed E-state index contributed by atoms with van der Waals surface area (Å²) < 4.78 is 23.3. The average molecular weight is 291 g/mol. The predicted octanol–water partition coefficient (Wildman–Crippen LogP) is 1.81. The Labute approximate surface area is 118 Å². The molecule has 2 heterocycles. The Morgan fingerprint density at radius 3 is 2.90 bits per heavy atom. The standard InChI is InChI=1S/C14H17N3O2S/c15-11-4-5-13-10(8-11)3-6-14(17-13)16-12-2-1-7-20(18,19)9-12/h3-6,8,12H,1-2,7,9,15H2,(H,16,17). The lowest BCUT2D eigenvalue weighted by atomic mass is 10.1. The van der Waals surface area contributed by atoms with Gasteiger partial charge in [-0.1, -0.05) is 0 Å². The Kier molecular flexibility index (Phi) is 3.25. The first-order valence-electron chi connectivity index (χ1n) is 6.65. The number of nitrogens with one attached hydrogen (secondary N) is 1. The highest BCUT2D eigenvalue weighted by Crippen LogP contribution is 2.20. The van der Waals surface area contributed by atoms with Crippen molar-refractivity contribution < 1.29 is 8.42 Å². The molecule has 0 bridgehead atoms. The Hall–Kier alpha value is -1.82. The quantitative estimate of drug-likeness (QED) is 0.824. The van der Waals surface area contributed by atoms with E-state index in [-0.39, 0.29) is 11.8 Å². The monoisotopic (exact) mass is 291 g/mol. The van der Waals surface area contributed by atoms with E-state index in [4.69, 9.17) is 5.73 Å². The highest BCUT2D eigenvalue weighted by atomic mass is 32.2. The van der Waals surface area contributed by atoms with Crippen molar-refractivity contribution >= 4 is 32.2 Å². The normalized spacial score (nSPS) is 21.7. The molecule has 1 fully saturated rings. The smallest absolute Gasteiger partial charge is 0.152 e. The summed E-state index contributed by atoms with van der Waals surface area (Å²) in [7, 11) is -2.91. The van der Waals surface area contributed by atoms with Crippen LogP contribution in [0.3, 0.4) is 0 Å². The van der Waals surface area contributed by atoms with Crippen LogP contribution in [0.15, 0.2) is 30.3 Å². The van der Waals surface area contributed by atoms with Crippen LogP contribution in [0.25, 0.3) is 10.9 Å². The van der Waals surface area contributed by atoms with Crippen molar-refractivity contribution in [3.63, 3.8) is 0 Å². The van der Waals surface area contributed by atoms with Crippen LogP contribution in [-0.4, -0.2) is 30.9 Å². The van der Waals surface area contributed by atoms with Gasteiger partial charge in [0.1, 0.15) is 5.82 Å². The van der Waals surface area contributed by atoms with E-state index < -0.39 is 9.84 Å². The van der Waals surface area contributed by atoms with Crippen LogP contribution in [-0.2, 0) is 9.84 Å². The maximum absolute atomic E-state index is 11.6. The number of anilines is 2. The number of rotatable bonds is 2. The topological polar surface area (TPSA) is 85.1 Å². The summed E-state index contributed by atoms with van der Waals surface area (Å²) in [6, 6.07) is 9.31. The van der Waals surface area contributed by atoms with Gasteiger partial charge in [-0.3, -0.25) is 0 Å². The third-order valence-corrected chi connectivity index (χ3v) is 5.35. The van der Waals surface area contributed by atoms with Crippen molar-refractivity contribution in [3.8, 4) is 0 Å². The number of benzene rings is 1. The minimum Gasteiger partial charge on any atom is -0.399 e. The highest BCUT2D eigenvalue weighted by molar-refractivity contribution is 7.91. The number of hydrogen-bond acceptors (Lipinski definition) is 5. The molecule has 2 aromatic rings. The molecule has 0 saturated carbocycles. The highest BCUT2D eigenvalue weighted by Gasteiger charge is 2.24. The van der Waals surface area contributed by atoms with Gasteiger partial charge >= 0.3 is 0 Å². The Bertz CT molecular complexity index is 743. The second-order valence-corrected chi connectivity index (χ2v) is 7.48. The second kappa shape index (κ2) is 4.94. The predicted molar refractivity (Wildman–Crippen MR) is 81.5 cm³/mol. The minimum atomic E-state index is -2.91. The van der Waals surface area contributed by atoms with E-state index in [1.807, 2.05) is 30.3 Å². The molecule has 106 valence electrons. The van der Waals surface area contributed by atoms with Crippen molar-refractivity contribution in [2.45, 2.75) is 18.9 Å². The third kappa shape index (κ3) is 2.85. The molecule has 3 N–H and O–H groups in total. The number of sulfone groups is 1. The molecule has 1 atom stereocenters. The van der Waals surface area contributed by atoms with Crippen molar-refractivity contribution in [1.82, 2.24) is 4.98 Å². The third-order valence-electron chi connectivity index (χ3n) is 3.53. The van der Waals surface area contributed by atoms with E-state index in [9.17, 15) is 8.42 Å². The van der Waals surface area contributed by atoms with Crippen molar-refractivity contribution in [1.29, 1.82) is 0 Å². The minimum absolute atomic E-state index is 0.0486. The van der Waals surface area contributed by atoms with Gasteiger partial charge in [-0.2, -0.15) is 0 Å². The molecule has 0 spiro atoms. The fraction of sp³-hybridized carbons (Fsp3) is 0.357. The van der Waals surface area contributed by atoms with Gasteiger partial charge in [-0.15, -0.1) is 0 Å². The van der Waals surface area contributed by atoms with E-state index in [1.54, 1.807) is 0 Å². The average Bonchev–Trinajstić information content (AvgIpc) is 2.38. The van der Waals surface area contributed by atoms with E-state index in [1.165, 1.54) is 0 Å². The lowest BCUT2D eigenvalue weighted by Crippen LogP contribution is -2.35. The number of fused-ring (bicyclic) bond motifs is 1. The largest absolute Gasteiger partial charge is 0.399 e. The van der Waals surface area contributed by atoms with E-state index >= 15 is 0 Å². The van der Waals surface area contributed by atoms with Crippen molar-refractivity contribution in [2.24, 2.45) is 0 Å². The molecule has 1 saturated heterocycles. The number of nitrogen functional groups attached to an aromatic ring is 1. The SMILES string of the molecule is Nc1ccc2nc(NC3CCCS(=O)(=O)C3)ccc2c1. The first kappa shape index (κ1) is 13.2. The van der Waals surface area contributed by atoms with Crippen LogP contribution in [0, 0.1) is 0 Å². The zero-order valence-electron chi connectivity index (χ0n) is 11.0. The lowest BCUT2D eigenvalue weighted by molar-refractivity contribution is 0.561. The Balaban J connectivity index is 1.82. The molecule has 1 aromatic carbocycles. The van der Waals surface area contributed by atoms with Gasteiger partial charge in [-0.25, -0.2) is 13.4 Å². The van der Waals surface area contributed by atoms with Gasteiger partial charge in [0.15, 0.2) is 9.84 Å². The Morgan fingerprint density at radius 1 is 1.25 bits per heavy atom. The van der Waals surface area contributed by atoms with Crippen LogP contribution in [0.5, 0.6) is 0 Å². The molecule has 20 heavy (non-hydrogen) atoms. The number of pyridine rings is 1. The molecule has 1 unspecified atom stereocenters. The summed E-state index contributed by atoms with van der Waals surface area (Å²) in [6.45, 7) is 0. The summed E-state index contributed by atoms with van der Waals surface area (Å²) in [5, 5.41) is 4.20. The molecule has 1 aromatic heterocycles. The van der Waals surface area contributed by atoms with E-state index in [2.05, 4.69) is 10.3 Å². The van der Waals surface area contributed by atoms with Gasteiger partial charge < -0.3 is 11.1 Å². The molecular formula is C14H17N3O2S. The Morgan fingerprint density at radius 2 is 2.10 bits per heavy atom. The molecule has 1 aliphatic heterocycles. The van der Waals surface area contributed by atoms with Crippen LogP contribution >= 0.6 is 0 Å². The fourth-order valence-corrected chi connectivity index (χ4v) is 4.21. The molecule has 3 rings (SSSR count). The van der Waals surface area contributed by atoms with Crippen molar-refractivity contribution in [3.05, 3.63) is 30.3 Å². The van der Waals surface area contributed by atoms with Gasteiger partial charge in [0.2, 0.25) is 0 Å². The van der Waals surface area contributed by atoms with Gasteiger partial charge in [0, 0.05) is 17.1 Å². The molecular weight excluding hydrogens is 274 g/mol. The zero-order valence-corrected chi connectivity index (χ0v) is 11.9. The second-order valence-electron chi connectivity index (χ2n) is 5.25. The fourth-order valence-electron chi connectivity index (χ4n) is 2.57. The summed E-state index contributed by atoms with van der Waals surface area (Å²) in [5.74, 6) is 1.20. The number of nitrogens with two attached hydrogens (primary N) is 1. The molecule has 1 aliphatic rings. The van der Waals surface area contributed by atoms with Crippen LogP contribution in [0.4, 0.5) is 11.5 Å². The van der Waals surface area contributed by atoms with Crippen LogP contribution in [0.2, 0.25) is 0 Å². The molecule has 0 aliphatic carbocycles. The van der Waals surface area contributed by atoms with Gasteiger partial charge in [0.05, 0.1) is 17.0 Å². The summed E-state index contributed by atoms with van der Waals surface area (Å²) in [5.41, 5.74) is 7.29. The number of nitrogens with zero attached hydrogens (tertiary/aromatic N) is 1. The maximum Gasteiger partial charge on any atom is 0.152 e. The molecule has 0 amide bonds. The maximum atomic E-state index is 11.6. The van der Waals surface area contributed by atoms with Crippen LogP contribution in [0.1, 0.15) is 12.8 Å². The van der Waals surface area contributed by atoms with Crippen LogP contribution < -0.4 is 11.1 Å². The van der Waals surface area contributed by atoms with Gasteiger partial charge in [0.25, 0.3) is 0 Å². The molecule has 6 heteroatoms.